The van der Waals surface area contributed by atoms with Crippen molar-refractivity contribution >= 4 is 34.3 Å². The van der Waals surface area contributed by atoms with E-state index in [0.717, 1.165) is 27.2 Å². The predicted octanol–water partition coefficient (Wildman–Crippen LogP) is 5.31. The van der Waals surface area contributed by atoms with Gasteiger partial charge in [-0.2, -0.15) is 5.10 Å². The average molecular weight is 373 g/mol. The summed E-state index contributed by atoms with van der Waals surface area (Å²) in [6, 6.07) is 23.7. The van der Waals surface area contributed by atoms with Crippen LogP contribution in [-0.4, -0.2) is 21.9 Å². The maximum absolute atomic E-state index is 12.9. The second kappa shape index (κ2) is 7.29. The highest BCUT2D eigenvalue weighted by Gasteiger charge is 2.18. The number of anilines is 1. The Labute approximate surface area is 162 Å². The molecule has 4 rings (SSSR count). The molecule has 3 aromatic carbocycles. The van der Waals surface area contributed by atoms with E-state index in [1.807, 2.05) is 90.7 Å². The first-order chi connectivity index (χ1) is 13.2. The summed E-state index contributed by atoms with van der Waals surface area (Å²) in [5, 5.41) is 8.43. The molecule has 0 saturated heterocycles. The molecule has 4 nitrogen and oxygen atoms in total. The topological polar surface area (TPSA) is 46.9 Å². The molecule has 0 fully saturated rings. The number of carbonyl (C=O) groups excluding carboxylic acids is 1. The van der Waals surface area contributed by atoms with Gasteiger partial charge in [-0.15, -0.1) is 11.8 Å². The van der Waals surface area contributed by atoms with Crippen molar-refractivity contribution in [3.05, 3.63) is 84.1 Å². The van der Waals surface area contributed by atoms with E-state index in [0.29, 0.717) is 5.69 Å². The molecule has 1 heterocycles. The standard InChI is InChI=1S/C22H19N3OS/c1-15-10-12-17(13-11-15)25-20-9-4-3-8-19(20)21(24-25)22(26)23-16-6-5-7-18(14-16)27-2/h3-14H,1-2H3,(H,23,26). The molecule has 0 unspecified atom stereocenters. The summed E-state index contributed by atoms with van der Waals surface area (Å²) in [4.78, 5) is 14.0. The molecule has 0 atom stereocenters. The number of aryl methyl sites for hydroxylation is 1. The van der Waals surface area contributed by atoms with Crippen molar-refractivity contribution in [3.63, 3.8) is 0 Å². The zero-order chi connectivity index (χ0) is 18.8. The number of hydrogen-bond donors (Lipinski definition) is 1. The Morgan fingerprint density at radius 2 is 1.78 bits per heavy atom. The molecule has 1 N–H and O–H groups in total. The Balaban J connectivity index is 1.75. The molecule has 0 spiro atoms. The van der Waals surface area contributed by atoms with Crippen LogP contribution >= 0.6 is 11.8 Å². The van der Waals surface area contributed by atoms with Gasteiger partial charge in [0, 0.05) is 16.0 Å². The number of amides is 1. The third-order valence-electron chi connectivity index (χ3n) is 4.41. The van der Waals surface area contributed by atoms with Gasteiger partial charge in [-0.05, 0) is 49.6 Å². The fourth-order valence-corrected chi connectivity index (χ4v) is 3.47. The zero-order valence-electron chi connectivity index (χ0n) is 15.1. The van der Waals surface area contributed by atoms with Crippen LogP contribution in [0.2, 0.25) is 0 Å². The number of fused-ring (bicyclic) bond motifs is 1. The normalized spacial score (nSPS) is 10.9. The molecule has 0 aliphatic carbocycles. The molecule has 1 aromatic heterocycles. The van der Waals surface area contributed by atoms with E-state index < -0.39 is 0 Å². The predicted molar refractivity (Wildman–Crippen MR) is 112 cm³/mol. The van der Waals surface area contributed by atoms with Crippen LogP contribution in [0.5, 0.6) is 0 Å². The zero-order valence-corrected chi connectivity index (χ0v) is 16.0. The highest BCUT2D eigenvalue weighted by molar-refractivity contribution is 7.98. The first-order valence-corrected chi connectivity index (χ1v) is 9.88. The van der Waals surface area contributed by atoms with Gasteiger partial charge in [0.05, 0.1) is 11.2 Å². The van der Waals surface area contributed by atoms with Gasteiger partial charge in [-0.25, -0.2) is 4.68 Å². The minimum absolute atomic E-state index is 0.213. The van der Waals surface area contributed by atoms with Crippen LogP contribution in [-0.2, 0) is 0 Å². The number of para-hydroxylation sites is 1. The van der Waals surface area contributed by atoms with Gasteiger partial charge in [-0.3, -0.25) is 4.79 Å². The van der Waals surface area contributed by atoms with Crippen LogP contribution in [0.3, 0.4) is 0 Å². The van der Waals surface area contributed by atoms with E-state index in [2.05, 4.69) is 10.4 Å². The molecule has 0 aliphatic rings. The summed E-state index contributed by atoms with van der Waals surface area (Å²) in [7, 11) is 0. The number of nitrogens with zero attached hydrogens (tertiary/aromatic N) is 2. The van der Waals surface area contributed by atoms with Crippen LogP contribution in [0.1, 0.15) is 16.1 Å². The summed E-state index contributed by atoms with van der Waals surface area (Å²) in [6.07, 6.45) is 2.01. The van der Waals surface area contributed by atoms with Crippen LogP contribution in [0, 0.1) is 6.92 Å². The molecule has 0 radical (unpaired) electrons. The monoisotopic (exact) mass is 373 g/mol. The number of thioether (sulfide) groups is 1. The van der Waals surface area contributed by atoms with E-state index in [1.54, 1.807) is 11.8 Å². The first-order valence-electron chi connectivity index (χ1n) is 8.66. The maximum atomic E-state index is 12.9. The summed E-state index contributed by atoms with van der Waals surface area (Å²) >= 11 is 1.64. The van der Waals surface area contributed by atoms with Crippen molar-refractivity contribution in [2.75, 3.05) is 11.6 Å². The van der Waals surface area contributed by atoms with Crippen LogP contribution in [0.15, 0.2) is 77.7 Å². The molecular formula is C22H19N3OS. The Bertz CT molecular complexity index is 1120. The highest BCUT2D eigenvalue weighted by Crippen LogP contribution is 2.24. The lowest BCUT2D eigenvalue weighted by molar-refractivity contribution is 0.102. The Kier molecular flexibility index (Phi) is 4.69. The molecule has 0 aliphatic heterocycles. The van der Waals surface area contributed by atoms with Gasteiger partial charge in [0.2, 0.25) is 0 Å². The minimum Gasteiger partial charge on any atom is -0.321 e. The molecule has 1 amide bonds. The van der Waals surface area contributed by atoms with Crippen molar-refractivity contribution in [3.8, 4) is 5.69 Å². The molecule has 0 saturated carbocycles. The van der Waals surface area contributed by atoms with Gasteiger partial charge in [0.15, 0.2) is 5.69 Å². The van der Waals surface area contributed by atoms with E-state index >= 15 is 0 Å². The van der Waals surface area contributed by atoms with Crippen LogP contribution in [0.25, 0.3) is 16.6 Å². The van der Waals surface area contributed by atoms with E-state index in [-0.39, 0.29) is 5.91 Å². The van der Waals surface area contributed by atoms with Gasteiger partial charge in [0.1, 0.15) is 0 Å². The fraction of sp³-hybridized carbons (Fsp3) is 0.0909. The fourth-order valence-electron chi connectivity index (χ4n) is 3.01. The number of benzene rings is 3. The molecule has 134 valence electrons. The van der Waals surface area contributed by atoms with Crippen molar-refractivity contribution in [2.45, 2.75) is 11.8 Å². The molecule has 4 aromatic rings. The number of rotatable bonds is 4. The third kappa shape index (κ3) is 3.46. The van der Waals surface area contributed by atoms with Gasteiger partial charge in [0.25, 0.3) is 5.91 Å². The van der Waals surface area contributed by atoms with Crippen molar-refractivity contribution in [1.82, 2.24) is 9.78 Å². The lowest BCUT2D eigenvalue weighted by Gasteiger charge is -2.05. The summed E-state index contributed by atoms with van der Waals surface area (Å²) in [6.45, 7) is 2.05. The average Bonchev–Trinajstić information content (AvgIpc) is 3.09. The number of carbonyl (C=O) groups is 1. The van der Waals surface area contributed by atoms with Crippen molar-refractivity contribution < 1.29 is 4.79 Å². The molecule has 0 bridgehead atoms. The van der Waals surface area contributed by atoms with E-state index in [1.165, 1.54) is 5.56 Å². The minimum atomic E-state index is -0.213. The van der Waals surface area contributed by atoms with Crippen LogP contribution < -0.4 is 5.32 Å². The summed E-state index contributed by atoms with van der Waals surface area (Å²) < 4.78 is 1.82. The van der Waals surface area contributed by atoms with Crippen molar-refractivity contribution in [2.24, 2.45) is 0 Å². The Morgan fingerprint density at radius 3 is 2.56 bits per heavy atom. The number of hydrogen-bond acceptors (Lipinski definition) is 3. The second-order valence-corrected chi connectivity index (χ2v) is 7.18. The van der Waals surface area contributed by atoms with Gasteiger partial charge in [-0.1, -0.05) is 42.0 Å². The second-order valence-electron chi connectivity index (χ2n) is 6.30. The third-order valence-corrected chi connectivity index (χ3v) is 5.13. The van der Waals surface area contributed by atoms with E-state index in [9.17, 15) is 4.79 Å². The maximum Gasteiger partial charge on any atom is 0.276 e. The first kappa shape index (κ1) is 17.4. The largest absolute Gasteiger partial charge is 0.321 e. The summed E-state index contributed by atoms with van der Waals surface area (Å²) in [5.41, 5.74) is 4.20. The number of aromatic nitrogens is 2. The Hall–Kier alpha value is -3.05. The van der Waals surface area contributed by atoms with Gasteiger partial charge < -0.3 is 5.32 Å². The van der Waals surface area contributed by atoms with E-state index in [4.69, 9.17) is 0 Å². The summed E-state index contributed by atoms with van der Waals surface area (Å²) in [5.74, 6) is -0.213. The Morgan fingerprint density at radius 1 is 1.00 bits per heavy atom. The SMILES string of the molecule is CSc1cccc(NC(=O)c2nn(-c3ccc(C)cc3)c3ccccc23)c1. The molecular weight excluding hydrogens is 354 g/mol. The van der Waals surface area contributed by atoms with Crippen molar-refractivity contribution in [1.29, 1.82) is 0 Å². The number of nitrogens with one attached hydrogen (secondary N) is 1. The molecule has 27 heavy (non-hydrogen) atoms. The van der Waals surface area contributed by atoms with Gasteiger partial charge >= 0.3 is 0 Å². The highest BCUT2D eigenvalue weighted by atomic mass is 32.2. The quantitative estimate of drug-likeness (QED) is 0.493. The lowest BCUT2D eigenvalue weighted by atomic mass is 10.2. The molecule has 5 heteroatoms. The smallest absolute Gasteiger partial charge is 0.276 e. The van der Waals surface area contributed by atoms with Crippen LogP contribution in [0.4, 0.5) is 5.69 Å². The lowest BCUT2D eigenvalue weighted by Crippen LogP contribution is -2.13.